The van der Waals surface area contributed by atoms with E-state index in [2.05, 4.69) is 39.9 Å². The average Bonchev–Trinajstić information content (AvgIpc) is 3.34. The molecule has 1 aliphatic rings. The van der Waals surface area contributed by atoms with Crippen molar-refractivity contribution in [2.75, 3.05) is 6.54 Å². The summed E-state index contributed by atoms with van der Waals surface area (Å²) in [4.78, 5) is 15.9. The Hall–Kier alpha value is -2.36. The molecule has 4 nitrogen and oxygen atoms in total. The maximum atomic E-state index is 11.9. The number of amides is 2. The summed E-state index contributed by atoms with van der Waals surface area (Å²) in [5.41, 5.74) is 2.46. The molecule has 0 radical (unpaired) electrons. The van der Waals surface area contributed by atoms with Crippen molar-refractivity contribution in [1.82, 2.24) is 15.6 Å². The van der Waals surface area contributed by atoms with Crippen LogP contribution in [0.15, 0.2) is 54.9 Å². The molecule has 3 rings (SSSR count). The summed E-state index contributed by atoms with van der Waals surface area (Å²) in [6.07, 6.45) is 5.76. The standard InChI is InChI=1S/C17H19N3O/c21-16(19-12-14-5-4-10-18-11-14)20-13-17(8-9-17)15-6-2-1-3-7-15/h1-7,10-11H,8-9,12-13H2,(H2,19,20,21). The summed E-state index contributed by atoms with van der Waals surface area (Å²) >= 11 is 0. The summed E-state index contributed by atoms with van der Waals surface area (Å²) in [7, 11) is 0. The van der Waals surface area contributed by atoms with Gasteiger partial charge in [0.2, 0.25) is 0 Å². The number of nitrogens with one attached hydrogen (secondary N) is 2. The van der Waals surface area contributed by atoms with Crippen molar-refractivity contribution < 1.29 is 4.79 Å². The van der Waals surface area contributed by atoms with Crippen LogP contribution in [-0.4, -0.2) is 17.6 Å². The molecule has 2 amide bonds. The number of urea groups is 1. The van der Waals surface area contributed by atoms with E-state index in [0.29, 0.717) is 13.1 Å². The zero-order chi connectivity index (χ0) is 14.5. The van der Waals surface area contributed by atoms with E-state index >= 15 is 0 Å². The Labute approximate surface area is 124 Å². The third-order valence-electron chi connectivity index (χ3n) is 4.00. The normalized spacial score (nSPS) is 15.2. The fourth-order valence-corrected chi connectivity index (χ4v) is 2.51. The molecule has 1 aliphatic carbocycles. The summed E-state index contributed by atoms with van der Waals surface area (Å²) in [6, 6.07) is 14.1. The fraction of sp³-hybridized carbons (Fsp3) is 0.294. The zero-order valence-electron chi connectivity index (χ0n) is 11.9. The van der Waals surface area contributed by atoms with E-state index in [1.165, 1.54) is 5.56 Å². The molecule has 0 aliphatic heterocycles. The molecule has 0 spiro atoms. The van der Waals surface area contributed by atoms with Crippen molar-refractivity contribution >= 4 is 6.03 Å². The number of carbonyl (C=O) groups is 1. The van der Waals surface area contributed by atoms with Gasteiger partial charge in [0.05, 0.1) is 0 Å². The Morgan fingerprint density at radius 3 is 2.57 bits per heavy atom. The molecule has 0 bridgehead atoms. The molecule has 1 aromatic carbocycles. The van der Waals surface area contributed by atoms with Gasteiger partial charge in [-0.1, -0.05) is 36.4 Å². The van der Waals surface area contributed by atoms with Gasteiger partial charge in [0.15, 0.2) is 0 Å². The van der Waals surface area contributed by atoms with Crippen LogP contribution >= 0.6 is 0 Å². The lowest BCUT2D eigenvalue weighted by Gasteiger charge is -2.17. The van der Waals surface area contributed by atoms with Crippen LogP contribution in [0.1, 0.15) is 24.0 Å². The third-order valence-corrected chi connectivity index (χ3v) is 4.00. The SMILES string of the molecule is O=C(NCc1cccnc1)NCC1(c2ccccc2)CC1. The van der Waals surface area contributed by atoms with Crippen molar-refractivity contribution in [2.24, 2.45) is 0 Å². The van der Waals surface area contributed by atoms with Crippen molar-refractivity contribution in [3.05, 3.63) is 66.0 Å². The predicted molar refractivity (Wildman–Crippen MR) is 81.8 cm³/mol. The Bertz CT molecular complexity index is 594. The molecule has 2 N–H and O–H groups in total. The highest BCUT2D eigenvalue weighted by Gasteiger charge is 2.44. The minimum Gasteiger partial charge on any atom is -0.337 e. The summed E-state index contributed by atoms with van der Waals surface area (Å²) in [6.45, 7) is 1.19. The number of nitrogens with zero attached hydrogens (tertiary/aromatic N) is 1. The molecule has 1 heterocycles. The number of hydrogen-bond acceptors (Lipinski definition) is 2. The Balaban J connectivity index is 1.48. The van der Waals surface area contributed by atoms with E-state index in [4.69, 9.17) is 0 Å². The van der Waals surface area contributed by atoms with Crippen LogP contribution in [-0.2, 0) is 12.0 Å². The zero-order valence-corrected chi connectivity index (χ0v) is 11.9. The molecule has 1 aromatic heterocycles. The van der Waals surface area contributed by atoms with E-state index < -0.39 is 0 Å². The monoisotopic (exact) mass is 281 g/mol. The first-order valence-corrected chi connectivity index (χ1v) is 7.25. The predicted octanol–water partition coefficient (Wildman–Crippen LogP) is 2.61. The average molecular weight is 281 g/mol. The highest BCUT2D eigenvalue weighted by Crippen LogP contribution is 2.47. The summed E-state index contributed by atoms with van der Waals surface area (Å²) in [5, 5.41) is 5.84. The highest BCUT2D eigenvalue weighted by molar-refractivity contribution is 5.74. The first kappa shape index (κ1) is 13.6. The van der Waals surface area contributed by atoms with Gasteiger partial charge < -0.3 is 10.6 Å². The molecule has 4 heteroatoms. The maximum absolute atomic E-state index is 11.9. The second-order valence-corrected chi connectivity index (χ2v) is 5.54. The largest absolute Gasteiger partial charge is 0.337 e. The minimum atomic E-state index is -0.124. The van der Waals surface area contributed by atoms with Gasteiger partial charge >= 0.3 is 6.03 Å². The second kappa shape index (κ2) is 5.95. The van der Waals surface area contributed by atoms with Gasteiger partial charge in [0.25, 0.3) is 0 Å². The smallest absolute Gasteiger partial charge is 0.315 e. The van der Waals surface area contributed by atoms with Crippen molar-refractivity contribution in [1.29, 1.82) is 0 Å². The van der Waals surface area contributed by atoms with E-state index in [1.807, 2.05) is 18.2 Å². The lowest BCUT2D eigenvalue weighted by atomic mass is 9.96. The van der Waals surface area contributed by atoms with E-state index in [0.717, 1.165) is 18.4 Å². The molecule has 0 saturated heterocycles. The topological polar surface area (TPSA) is 54.0 Å². The van der Waals surface area contributed by atoms with Crippen LogP contribution in [0, 0.1) is 0 Å². The van der Waals surface area contributed by atoms with Crippen LogP contribution in [0.4, 0.5) is 4.79 Å². The van der Waals surface area contributed by atoms with E-state index in [9.17, 15) is 4.79 Å². The fourth-order valence-electron chi connectivity index (χ4n) is 2.51. The number of rotatable bonds is 5. The van der Waals surface area contributed by atoms with Gasteiger partial charge in [-0.05, 0) is 30.0 Å². The molecular formula is C17H19N3O. The molecule has 1 fully saturated rings. The number of carbonyl (C=O) groups excluding carboxylic acids is 1. The van der Waals surface area contributed by atoms with E-state index in [1.54, 1.807) is 12.4 Å². The number of aromatic nitrogens is 1. The summed E-state index contributed by atoms with van der Waals surface area (Å²) in [5.74, 6) is 0. The number of benzene rings is 1. The Kier molecular flexibility index (Phi) is 3.86. The maximum Gasteiger partial charge on any atom is 0.315 e. The second-order valence-electron chi connectivity index (χ2n) is 5.54. The van der Waals surface area contributed by atoms with Gasteiger partial charge in [0.1, 0.15) is 0 Å². The molecule has 108 valence electrons. The number of hydrogen-bond donors (Lipinski definition) is 2. The molecule has 0 atom stereocenters. The van der Waals surface area contributed by atoms with Gasteiger partial charge in [0, 0.05) is 30.9 Å². The molecule has 1 saturated carbocycles. The minimum absolute atomic E-state index is 0.124. The molecule has 21 heavy (non-hydrogen) atoms. The van der Waals surface area contributed by atoms with Crippen LogP contribution in [0.2, 0.25) is 0 Å². The first-order valence-electron chi connectivity index (χ1n) is 7.25. The molecular weight excluding hydrogens is 262 g/mol. The van der Waals surface area contributed by atoms with Crippen molar-refractivity contribution in [3.63, 3.8) is 0 Å². The Morgan fingerprint density at radius 1 is 1.10 bits per heavy atom. The third kappa shape index (κ3) is 3.40. The lowest BCUT2D eigenvalue weighted by molar-refractivity contribution is 0.239. The first-order chi connectivity index (χ1) is 10.3. The summed E-state index contributed by atoms with van der Waals surface area (Å²) < 4.78 is 0. The van der Waals surface area contributed by atoms with Gasteiger partial charge in [-0.25, -0.2) is 4.79 Å². The highest BCUT2D eigenvalue weighted by atomic mass is 16.2. The lowest BCUT2D eigenvalue weighted by Crippen LogP contribution is -2.39. The van der Waals surface area contributed by atoms with Crippen LogP contribution in [0.3, 0.4) is 0 Å². The van der Waals surface area contributed by atoms with E-state index in [-0.39, 0.29) is 11.4 Å². The van der Waals surface area contributed by atoms with Crippen molar-refractivity contribution in [3.8, 4) is 0 Å². The van der Waals surface area contributed by atoms with Crippen molar-refractivity contribution in [2.45, 2.75) is 24.8 Å². The molecule has 2 aromatic rings. The van der Waals surface area contributed by atoms with Crippen LogP contribution in [0.25, 0.3) is 0 Å². The van der Waals surface area contributed by atoms with Crippen LogP contribution < -0.4 is 10.6 Å². The van der Waals surface area contributed by atoms with Gasteiger partial charge in [-0.15, -0.1) is 0 Å². The van der Waals surface area contributed by atoms with Gasteiger partial charge in [-0.3, -0.25) is 4.98 Å². The van der Waals surface area contributed by atoms with Gasteiger partial charge in [-0.2, -0.15) is 0 Å². The Morgan fingerprint density at radius 2 is 1.90 bits per heavy atom. The number of pyridine rings is 1. The molecule has 0 unspecified atom stereocenters. The van der Waals surface area contributed by atoms with Crippen LogP contribution in [0.5, 0.6) is 0 Å². The quantitative estimate of drug-likeness (QED) is 0.885.